The van der Waals surface area contributed by atoms with E-state index in [9.17, 15) is 4.79 Å². The van der Waals surface area contributed by atoms with Crippen molar-refractivity contribution in [3.05, 3.63) is 0 Å². The fourth-order valence-corrected chi connectivity index (χ4v) is 2.34. The molecule has 3 nitrogen and oxygen atoms in total. The van der Waals surface area contributed by atoms with Crippen LogP contribution in [0.3, 0.4) is 0 Å². The average molecular weight is 212 g/mol. The molecule has 1 aliphatic carbocycles. The molecule has 1 amide bonds. The van der Waals surface area contributed by atoms with E-state index >= 15 is 0 Å². The SMILES string of the molecule is CCC(C)N(C)C(=O)C1(C)CCCC1N. The van der Waals surface area contributed by atoms with E-state index in [1.54, 1.807) is 0 Å². The van der Waals surface area contributed by atoms with E-state index in [-0.39, 0.29) is 17.4 Å². The van der Waals surface area contributed by atoms with Gasteiger partial charge in [-0.05, 0) is 33.1 Å². The van der Waals surface area contributed by atoms with Crippen LogP contribution >= 0.6 is 0 Å². The fraction of sp³-hybridized carbons (Fsp3) is 0.917. The Bertz CT molecular complexity index is 242. The molecule has 1 fully saturated rings. The summed E-state index contributed by atoms with van der Waals surface area (Å²) in [5, 5.41) is 0. The molecular weight excluding hydrogens is 188 g/mol. The summed E-state index contributed by atoms with van der Waals surface area (Å²) in [5.41, 5.74) is 5.72. The molecule has 3 atom stereocenters. The van der Waals surface area contributed by atoms with Crippen LogP contribution in [0.15, 0.2) is 0 Å². The standard InChI is InChI=1S/C12H24N2O/c1-5-9(2)14(4)11(15)12(3)8-6-7-10(12)13/h9-10H,5-8,13H2,1-4H3. The molecule has 88 valence electrons. The summed E-state index contributed by atoms with van der Waals surface area (Å²) in [5.74, 6) is 0.224. The van der Waals surface area contributed by atoms with Crippen molar-refractivity contribution < 1.29 is 4.79 Å². The lowest BCUT2D eigenvalue weighted by molar-refractivity contribution is -0.142. The molecule has 0 aromatic rings. The molecule has 0 aromatic heterocycles. The second kappa shape index (κ2) is 4.52. The van der Waals surface area contributed by atoms with Crippen molar-refractivity contribution in [2.75, 3.05) is 7.05 Å². The number of carbonyl (C=O) groups excluding carboxylic acids is 1. The molecule has 0 bridgehead atoms. The summed E-state index contributed by atoms with van der Waals surface area (Å²) in [4.78, 5) is 14.2. The molecule has 0 heterocycles. The van der Waals surface area contributed by atoms with Crippen LogP contribution in [-0.4, -0.2) is 29.9 Å². The molecule has 0 radical (unpaired) electrons. The number of carbonyl (C=O) groups is 1. The summed E-state index contributed by atoms with van der Waals surface area (Å²) in [6.45, 7) is 6.21. The third kappa shape index (κ3) is 2.17. The highest BCUT2D eigenvalue weighted by Gasteiger charge is 2.44. The van der Waals surface area contributed by atoms with Crippen LogP contribution in [0.2, 0.25) is 0 Å². The molecule has 2 N–H and O–H groups in total. The van der Waals surface area contributed by atoms with E-state index in [0.29, 0.717) is 6.04 Å². The molecule has 3 unspecified atom stereocenters. The molecule has 0 spiro atoms. The van der Waals surface area contributed by atoms with Gasteiger partial charge < -0.3 is 10.6 Å². The van der Waals surface area contributed by atoms with Crippen molar-refractivity contribution in [1.29, 1.82) is 0 Å². The Balaban J connectivity index is 2.75. The van der Waals surface area contributed by atoms with Gasteiger partial charge in [0.15, 0.2) is 0 Å². The zero-order valence-electron chi connectivity index (χ0n) is 10.4. The lowest BCUT2D eigenvalue weighted by atomic mass is 9.83. The maximum atomic E-state index is 12.3. The monoisotopic (exact) mass is 212 g/mol. The Morgan fingerprint density at radius 2 is 2.27 bits per heavy atom. The van der Waals surface area contributed by atoms with Crippen molar-refractivity contribution in [2.45, 2.75) is 58.5 Å². The van der Waals surface area contributed by atoms with Crippen LogP contribution in [0.25, 0.3) is 0 Å². The van der Waals surface area contributed by atoms with Crippen molar-refractivity contribution in [3.8, 4) is 0 Å². The van der Waals surface area contributed by atoms with Gasteiger partial charge in [-0.1, -0.05) is 13.3 Å². The zero-order valence-corrected chi connectivity index (χ0v) is 10.4. The predicted octanol–water partition coefficient (Wildman–Crippen LogP) is 1.76. The summed E-state index contributed by atoms with van der Waals surface area (Å²) in [6, 6.07) is 0.346. The van der Waals surface area contributed by atoms with Crippen molar-refractivity contribution >= 4 is 5.91 Å². The second-order valence-electron chi connectivity index (χ2n) is 5.09. The average Bonchev–Trinajstić information content (AvgIpc) is 2.57. The summed E-state index contributed by atoms with van der Waals surface area (Å²) in [7, 11) is 1.90. The Labute approximate surface area is 93.0 Å². The van der Waals surface area contributed by atoms with Crippen LogP contribution < -0.4 is 5.73 Å². The van der Waals surface area contributed by atoms with Crippen molar-refractivity contribution in [3.63, 3.8) is 0 Å². The van der Waals surface area contributed by atoms with E-state index < -0.39 is 0 Å². The van der Waals surface area contributed by atoms with Gasteiger partial charge in [-0.25, -0.2) is 0 Å². The summed E-state index contributed by atoms with van der Waals surface area (Å²) >= 11 is 0. The third-order valence-corrected chi connectivity index (χ3v) is 4.09. The minimum Gasteiger partial charge on any atom is -0.343 e. The number of hydrogen-bond donors (Lipinski definition) is 1. The second-order valence-corrected chi connectivity index (χ2v) is 5.09. The third-order valence-electron chi connectivity index (χ3n) is 4.09. The lowest BCUT2D eigenvalue weighted by Gasteiger charge is -2.35. The van der Waals surface area contributed by atoms with Gasteiger partial charge in [0.1, 0.15) is 0 Å². The topological polar surface area (TPSA) is 46.3 Å². The van der Waals surface area contributed by atoms with Gasteiger partial charge in [-0.3, -0.25) is 4.79 Å². The molecule has 0 aliphatic heterocycles. The summed E-state index contributed by atoms with van der Waals surface area (Å²) < 4.78 is 0. The quantitative estimate of drug-likeness (QED) is 0.775. The zero-order chi connectivity index (χ0) is 11.6. The van der Waals surface area contributed by atoms with Gasteiger partial charge in [0.05, 0.1) is 5.41 Å². The minimum atomic E-state index is -0.321. The van der Waals surface area contributed by atoms with Gasteiger partial charge in [-0.2, -0.15) is 0 Å². The Morgan fingerprint density at radius 1 is 1.67 bits per heavy atom. The van der Waals surface area contributed by atoms with E-state index in [0.717, 1.165) is 25.7 Å². The van der Waals surface area contributed by atoms with Gasteiger partial charge in [0, 0.05) is 19.1 Å². The molecule has 1 aliphatic rings. The first-order valence-corrected chi connectivity index (χ1v) is 5.96. The van der Waals surface area contributed by atoms with Gasteiger partial charge >= 0.3 is 0 Å². The number of rotatable bonds is 3. The minimum absolute atomic E-state index is 0.0384. The molecule has 0 aromatic carbocycles. The van der Waals surface area contributed by atoms with E-state index in [4.69, 9.17) is 5.73 Å². The van der Waals surface area contributed by atoms with Gasteiger partial charge in [0.25, 0.3) is 0 Å². The van der Waals surface area contributed by atoms with Crippen molar-refractivity contribution in [2.24, 2.45) is 11.1 Å². The highest BCUT2D eigenvalue weighted by molar-refractivity contribution is 5.83. The fourth-order valence-electron chi connectivity index (χ4n) is 2.34. The lowest BCUT2D eigenvalue weighted by Crippen LogP contribution is -2.50. The normalized spacial score (nSPS) is 32.7. The van der Waals surface area contributed by atoms with Crippen LogP contribution in [0, 0.1) is 5.41 Å². The molecule has 1 saturated carbocycles. The van der Waals surface area contributed by atoms with Crippen LogP contribution in [0.1, 0.15) is 46.5 Å². The van der Waals surface area contributed by atoms with Gasteiger partial charge in [0.2, 0.25) is 5.91 Å². The number of amides is 1. The summed E-state index contributed by atoms with van der Waals surface area (Å²) in [6.07, 6.45) is 4.00. The maximum Gasteiger partial charge on any atom is 0.230 e. The smallest absolute Gasteiger partial charge is 0.230 e. The maximum absolute atomic E-state index is 12.3. The highest BCUT2D eigenvalue weighted by atomic mass is 16.2. The van der Waals surface area contributed by atoms with Crippen LogP contribution in [-0.2, 0) is 4.79 Å². The van der Waals surface area contributed by atoms with Crippen molar-refractivity contribution in [1.82, 2.24) is 4.90 Å². The highest BCUT2D eigenvalue weighted by Crippen LogP contribution is 2.38. The Morgan fingerprint density at radius 3 is 2.67 bits per heavy atom. The molecule has 3 heteroatoms. The Kier molecular flexibility index (Phi) is 3.77. The largest absolute Gasteiger partial charge is 0.343 e. The first-order valence-electron chi connectivity index (χ1n) is 5.96. The van der Waals surface area contributed by atoms with E-state index in [1.807, 2.05) is 18.9 Å². The van der Waals surface area contributed by atoms with E-state index in [2.05, 4.69) is 13.8 Å². The first kappa shape index (κ1) is 12.5. The van der Waals surface area contributed by atoms with E-state index in [1.165, 1.54) is 0 Å². The number of nitrogens with zero attached hydrogens (tertiary/aromatic N) is 1. The molecule has 0 saturated heterocycles. The van der Waals surface area contributed by atoms with Crippen LogP contribution in [0.4, 0.5) is 0 Å². The van der Waals surface area contributed by atoms with Crippen LogP contribution in [0.5, 0.6) is 0 Å². The molecular formula is C12H24N2O. The Hall–Kier alpha value is -0.570. The number of nitrogens with two attached hydrogens (primary N) is 1. The molecule has 1 rings (SSSR count). The first-order chi connectivity index (χ1) is 6.93. The number of hydrogen-bond acceptors (Lipinski definition) is 2. The van der Waals surface area contributed by atoms with Gasteiger partial charge in [-0.15, -0.1) is 0 Å². The molecule has 15 heavy (non-hydrogen) atoms. The predicted molar refractivity (Wildman–Crippen MR) is 62.5 cm³/mol.